The summed E-state index contributed by atoms with van der Waals surface area (Å²) in [6.07, 6.45) is 0.264. The monoisotopic (exact) mass is 236 g/mol. The number of carboxylic acid groups (broad SMARTS) is 1. The molecule has 0 saturated carbocycles. The average molecular weight is 236 g/mol. The minimum Gasteiger partial charge on any atom is -0.481 e. The SMILES string of the molecule is CC[C@@](C)(CC(=O)O)OC(=O)c1ccccc1. The van der Waals surface area contributed by atoms with Crippen LogP contribution in [0.15, 0.2) is 30.3 Å². The molecule has 0 radical (unpaired) electrons. The summed E-state index contributed by atoms with van der Waals surface area (Å²) in [6, 6.07) is 8.54. The van der Waals surface area contributed by atoms with Crippen LogP contribution in [0.5, 0.6) is 0 Å². The maximum absolute atomic E-state index is 11.8. The van der Waals surface area contributed by atoms with Crippen molar-refractivity contribution in [2.75, 3.05) is 0 Å². The summed E-state index contributed by atoms with van der Waals surface area (Å²) in [5.74, 6) is -1.47. The van der Waals surface area contributed by atoms with E-state index in [4.69, 9.17) is 9.84 Å². The van der Waals surface area contributed by atoms with E-state index in [-0.39, 0.29) is 6.42 Å². The van der Waals surface area contributed by atoms with Crippen molar-refractivity contribution in [3.8, 4) is 0 Å². The summed E-state index contributed by atoms with van der Waals surface area (Å²) in [6.45, 7) is 3.42. The third-order valence-electron chi connectivity index (χ3n) is 2.62. The van der Waals surface area contributed by atoms with E-state index in [1.807, 2.05) is 0 Å². The summed E-state index contributed by atoms with van der Waals surface area (Å²) in [7, 11) is 0. The van der Waals surface area contributed by atoms with Crippen LogP contribution in [0.2, 0.25) is 0 Å². The second kappa shape index (κ2) is 5.48. The van der Waals surface area contributed by atoms with E-state index in [0.717, 1.165) is 0 Å². The number of rotatable bonds is 5. The van der Waals surface area contributed by atoms with Gasteiger partial charge in [-0.25, -0.2) is 4.79 Å². The number of esters is 1. The van der Waals surface area contributed by atoms with Crippen LogP contribution in [0.25, 0.3) is 0 Å². The number of hydrogen-bond donors (Lipinski definition) is 1. The predicted molar refractivity (Wildman–Crippen MR) is 62.8 cm³/mol. The van der Waals surface area contributed by atoms with Crippen LogP contribution in [0, 0.1) is 0 Å². The molecule has 0 spiro atoms. The van der Waals surface area contributed by atoms with Crippen molar-refractivity contribution < 1.29 is 19.4 Å². The first kappa shape index (κ1) is 13.2. The number of hydrogen-bond acceptors (Lipinski definition) is 3. The highest BCUT2D eigenvalue weighted by Gasteiger charge is 2.30. The molecule has 1 N–H and O–H groups in total. The molecule has 1 aromatic rings. The molecule has 0 amide bonds. The normalized spacial score (nSPS) is 13.8. The first-order chi connectivity index (χ1) is 7.97. The van der Waals surface area contributed by atoms with Gasteiger partial charge in [0.25, 0.3) is 0 Å². The van der Waals surface area contributed by atoms with E-state index in [1.165, 1.54) is 0 Å². The summed E-state index contributed by atoms with van der Waals surface area (Å²) < 4.78 is 5.26. The topological polar surface area (TPSA) is 63.6 Å². The van der Waals surface area contributed by atoms with Gasteiger partial charge in [0, 0.05) is 0 Å². The highest BCUT2D eigenvalue weighted by molar-refractivity contribution is 5.89. The summed E-state index contributed by atoms with van der Waals surface area (Å²) in [5.41, 5.74) is -0.531. The largest absolute Gasteiger partial charge is 0.481 e. The Kier molecular flexibility index (Phi) is 4.26. The van der Waals surface area contributed by atoms with Gasteiger partial charge < -0.3 is 9.84 Å². The molecule has 4 heteroatoms. The third-order valence-corrected chi connectivity index (χ3v) is 2.62. The Morgan fingerprint density at radius 2 is 1.88 bits per heavy atom. The molecular weight excluding hydrogens is 220 g/mol. The molecule has 0 saturated heterocycles. The second-order valence-corrected chi connectivity index (χ2v) is 4.13. The Bertz CT molecular complexity index is 399. The fraction of sp³-hybridized carbons (Fsp3) is 0.385. The molecule has 17 heavy (non-hydrogen) atoms. The molecule has 1 rings (SSSR count). The minimum atomic E-state index is -0.977. The van der Waals surface area contributed by atoms with Crippen LogP contribution in [0.1, 0.15) is 37.0 Å². The molecule has 1 atom stereocenters. The van der Waals surface area contributed by atoms with Crippen molar-refractivity contribution in [3.63, 3.8) is 0 Å². The number of benzene rings is 1. The first-order valence-electron chi connectivity index (χ1n) is 5.47. The first-order valence-corrected chi connectivity index (χ1v) is 5.47. The number of carbonyl (C=O) groups is 2. The summed E-state index contributed by atoms with van der Waals surface area (Å²) in [4.78, 5) is 22.5. The molecule has 0 fully saturated rings. The molecule has 0 unspecified atom stereocenters. The number of carboxylic acids is 1. The standard InChI is InChI=1S/C13H16O4/c1-3-13(2,9-11(14)15)17-12(16)10-7-5-4-6-8-10/h4-8H,3,9H2,1-2H3,(H,14,15)/t13-/m0/s1. The van der Waals surface area contributed by atoms with E-state index in [1.54, 1.807) is 44.2 Å². The average Bonchev–Trinajstić information content (AvgIpc) is 2.29. The Labute approximate surface area is 100 Å². The lowest BCUT2D eigenvalue weighted by Crippen LogP contribution is -2.33. The Morgan fingerprint density at radius 1 is 1.29 bits per heavy atom. The van der Waals surface area contributed by atoms with Crippen molar-refractivity contribution in [1.29, 1.82) is 0 Å². The maximum Gasteiger partial charge on any atom is 0.338 e. The fourth-order valence-corrected chi connectivity index (χ4v) is 1.41. The number of carbonyl (C=O) groups excluding carboxylic acids is 1. The smallest absolute Gasteiger partial charge is 0.338 e. The number of aliphatic carboxylic acids is 1. The molecule has 0 aliphatic rings. The fourth-order valence-electron chi connectivity index (χ4n) is 1.41. The van der Waals surface area contributed by atoms with E-state index in [2.05, 4.69) is 0 Å². The van der Waals surface area contributed by atoms with Crippen molar-refractivity contribution in [3.05, 3.63) is 35.9 Å². The van der Waals surface area contributed by atoms with Crippen LogP contribution in [-0.2, 0) is 9.53 Å². The van der Waals surface area contributed by atoms with Crippen LogP contribution >= 0.6 is 0 Å². The van der Waals surface area contributed by atoms with Crippen LogP contribution in [0.4, 0.5) is 0 Å². The van der Waals surface area contributed by atoms with Crippen LogP contribution < -0.4 is 0 Å². The third kappa shape index (κ3) is 3.90. The summed E-state index contributed by atoms with van der Waals surface area (Å²) in [5, 5.41) is 8.77. The number of ether oxygens (including phenoxy) is 1. The lowest BCUT2D eigenvalue weighted by Gasteiger charge is -2.26. The molecule has 0 aliphatic carbocycles. The molecular formula is C13H16O4. The van der Waals surface area contributed by atoms with Crippen molar-refractivity contribution in [2.45, 2.75) is 32.3 Å². The highest BCUT2D eigenvalue weighted by Crippen LogP contribution is 2.21. The molecule has 0 aromatic heterocycles. The van der Waals surface area contributed by atoms with Gasteiger partial charge in [-0.2, -0.15) is 0 Å². The zero-order valence-corrected chi connectivity index (χ0v) is 9.97. The summed E-state index contributed by atoms with van der Waals surface area (Å²) >= 11 is 0. The second-order valence-electron chi connectivity index (χ2n) is 4.13. The highest BCUT2D eigenvalue weighted by atomic mass is 16.6. The van der Waals surface area contributed by atoms with E-state index in [9.17, 15) is 9.59 Å². The van der Waals surface area contributed by atoms with Gasteiger partial charge in [0.2, 0.25) is 0 Å². The van der Waals surface area contributed by atoms with Gasteiger partial charge in [-0.15, -0.1) is 0 Å². The molecule has 1 aromatic carbocycles. The van der Waals surface area contributed by atoms with Crippen LogP contribution in [-0.4, -0.2) is 22.6 Å². The maximum atomic E-state index is 11.8. The predicted octanol–water partition coefficient (Wildman–Crippen LogP) is 2.49. The Morgan fingerprint density at radius 3 is 2.35 bits per heavy atom. The van der Waals surface area contributed by atoms with Crippen LogP contribution in [0.3, 0.4) is 0 Å². The van der Waals surface area contributed by atoms with Gasteiger partial charge in [0.15, 0.2) is 0 Å². The lowest BCUT2D eigenvalue weighted by molar-refractivity contribution is -0.142. The molecule has 0 heterocycles. The molecule has 92 valence electrons. The zero-order chi connectivity index (χ0) is 12.9. The zero-order valence-electron chi connectivity index (χ0n) is 9.97. The van der Waals surface area contributed by atoms with Gasteiger partial charge in [0.1, 0.15) is 5.60 Å². The quantitative estimate of drug-likeness (QED) is 0.798. The van der Waals surface area contributed by atoms with E-state index < -0.39 is 17.5 Å². The Hall–Kier alpha value is -1.84. The van der Waals surface area contributed by atoms with Gasteiger partial charge in [-0.3, -0.25) is 4.79 Å². The van der Waals surface area contributed by atoms with E-state index in [0.29, 0.717) is 12.0 Å². The molecule has 4 nitrogen and oxygen atoms in total. The Balaban J connectivity index is 2.75. The van der Waals surface area contributed by atoms with Gasteiger partial charge in [-0.1, -0.05) is 25.1 Å². The van der Waals surface area contributed by atoms with Gasteiger partial charge >= 0.3 is 11.9 Å². The van der Waals surface area contributed by atoms with Gasteiger partial charge in [0.05, 0.1) is 12.0 Å². The van der Waals surface area contributed by atoms with Gasteiger partial charge in [-0.05, 0) is 25.5 Å². The molecule has 0 bridgehead atoms. The van der Waals surface area contributed by atoms with E-state index >= 15 is 0 Å². The molecule has 0 aliphatic heterocycles. The minimum absolute atomic E-state index is 0.192. The lowest BCUT2D eigenvalue weighted by atomic mass is 9.99. The van der Waals surface area contributed by atoms with Crippen molar-refractivity contribution in [1.82, 2.24) is 0 Å². The van der Waals surface area contributed by atoms with Crippen molar-refractivity contribution >= 4 is 11.9 Å². The van der Waals surface area contributed by atoms with Crippen molar-refractivity contribution in [2.24, 2.45) is 0 Å².